The molecule has 2 nitrogen and oxygen atoms in total. The van der Waals surface area contributed by atoms with Gasteiger partial charge in [-0.1, -0.05) is 33.1 Å². The molecule has 1 aliphatic rings. The fraction of sp³-hybridized carbons (Fsp3) is 1.00. The number of nitrogens with zero attached hydrogens (tertiary/aromatic N) is 1. The van der Waals surface area contributed by atoms with Crippen molar-refractivity contribution in [3.05, 3.63) is 0 Å². The molecule has 1 saturated carbocycles. The highest BCUT2D eigenvalue weighted by Gasteiger charge is 2.40. The van der Waals surface area contributed by atoms with Gasteiger partial charge in [-0.05, 0) is 39.3 Å². The summed E-state index contributed by atoms with van der Waals surface area (Å²) in [6.07, 6.45) is 6.97. The summed E-state index contributed by atoms with van der Waals surface area (Å²) in [4.78, 5) is 2.26. The van der Waals surface area contributed by atoms with Crippen LogP contribution in [-0.4, -0.2) is 35.7 Å². The largest absolute Gasteiger partial charge is 0.391 e. The van der Waals surface area contributed by atoms with Crippen LogP contribution in [0.3, 0.4) is 0 Å². The Kier molecular flexibility index (Phi) is 4.60. The van der Waals surface area contributed by atoms with Gasteiger partial charge in [0.1, 0.15) is 0 Å². The molecule has 1 aliphatic carbocycles. The molecule has 90 valence electrons. The first-order chi connectivity index (χ1) is 6.99. The highest BCUT2D eigenvalue weighted by atomic mass is 16.3. The van der Waals surface area contributed by atoms with E-state index in [4.69, 9.17) is 0 Å². The monoisotopic (exact) mass is 213 g/mol. The van der Waals surface area contributed by atoms with E-state index in [9.17, 15) is 5.11 Å². The molecule has 1 unspecified atom stereocenters. The fourth-order valence-corrected chi connectivity index (χ4v) is 2.91. The maximum Gasteiger partial charge on any atom is 0.0726 e. The van der Waals surface area contributed by atoms with Gasteiger partial charge in [-0.25, -0.2) is 0 Å². The van der Waals surface area contributed by atoms with Crippen LogP contribution in [0.2, 0.25) is 0 Å². The molecule has 0 radical (unpaired) electrons. The van der Waals surface area contributed by atoms with Crippen molar-refractivity contribution in [2.45, 2.75) is 64.0 Å². The first-order valence-corrected chi connectivity index (χ1v) is 6.34. The van der Waals surface area contributed by atoms with Crippen LogP contribution in [0, 0.1) is 5.92 Å². The van der Waals surface area contributed by atoms with Gasteiger partial charge >= 0.3 is 0 Å². The number of likely N-dealkylation sites (N-methyl/N-ethyl adjacent to an activating group) is 1. The minimum Gasteiger partial charge on any atom is -0.391 e. The Hall–Kier alpha value is -0.0800. The third-order valence-corrected chi connectivity index (χ3v) is 3.92. The van der Waals surface area contributed by atoms with E-state index < -0.39 is 0 Å². The van der Waals surface area contributed by atoms with Crippen molar-refractivity contribution in [1.82, 2.24) is 4.90 Å². The van der Waals surface area contributed by atoms with Gasteiger partial charge in [0, 0.05) is 5.54 Å². The van der Waals surface area contributed by atoms with Crippen LogP contribution in [0.1, 0.15) is 52.4 Å². The van der Waals surface area contributed by atoms with Gasteiger partial charge in [-0.3, -0.25) is 0 Å². The van der Waals surface area contributed by atoms with E-state index in [1.165, 1.54) is 19.3 Å². The van der Waals surface area contributed by atoms with Gasteiger partial charge in [0.2, 0.25) is 0 Å². The summed E-state index contributed by atoms with van der Waals surface area (Å²) in [5.41, 5.74) is 0.0581. The van der Waals surface area contributed by atoms with Crippen molar-refractivity contribution < 1.29 is 5.11 Å². The summed E-state index contributed by atoms with van der Waals surface area (Å²) >= 11 is 0. The number of aliphatic hydroxyl groups excluding tert-OH is 1. The second kappa shape index (κ2) is 5.31. The first kappa shape index (κ1) is 13.0. The maximum atomic E-state index is 10.4. The van der Waals surface area contributed by atoms with Gasteiger partial charge < -0.3 is 10.0 Å². The molecular formula is C13H27NO. The van der Waals surface area contributed by atoms with Crippen LogP contribution in [0.4, 0.5) is 0 Å². The summed E-state index contributed by atoms with van der Waals surface area (Å²) in [5, 5.41) is 10.4. The molecule has 0 spiro atoms. The van der Waals surface area contributed by atoms with E-state index in [0.29, 0.717) is 5.92 Å². The molecular weight excluding hydrogens is 186 g/mol. The van der Waals surface area contributed by atoms with E-state index in [1.807, 2.05) is 0 Å². The smallest absolute Gasteiger partial charge is 0.0726 e. The molecule has 0 aromatic carbocycles. The third-order valence-electron chi connectivity index (χ3n) is 3.92. The number of hydrogen-bond donors (Lipinski definition) is 1. The Morgan fingerprint density at radius 2 is 1.67 bits per heavy atom. The van der Waals surface area contributed by atoms with Crippen LogP contribution >= 0.6 is 0 Å². The molecule has 15 heavy (non-hydrogen) atoms. The highest BCUT2D eigenvalue weighted by Crippen LogP contribution is 2.37. The van der Waals surface area contributed by atoms with E-state index in [2.05, 4.69) is 32.8 Å². The van der Waals surface area contributed by atoms with Crippen LogP contribution in [-0.2, 0) is 0 Å². The summed E-state index contributed by atoms with van der Waals surface area (Å²) in [6.45, 7) is 4.38. The number of rotatable bonds is 4. The fourth-order valence-electron chi connectivity index (χ4n) is 2.91. The van der Waals surface area contributed by atoms with E-state index in [0.717, 1.165) is 19.3 Å². The highest BCUT2D eigenvalue weighted by molar-refractivity contribution is 4.96. The van der Waals surface area contributed by atoms with Gasteiger partial charge in [-0.15, -0.1) is 0 Å². The SMILES string of the molecule is CC(C)CC(O)C1(N(C)C)CCCCC1. The Labute approximate surface area is 94.7 Å². The molecule has 0 aromatic rings. The van der Waals surface area contributed by atoms with Crippen molar-refractivity contribution >= 4 is 0 Å². The normalized spacial score (nSPS) is 23.4. The van der Waals surface area contributed by atoms with Crippen LogP contribution < -0.4 is 0 Å². The molecule has 0 aliphatic heterocycles. The molecule has 0 bridgehead atoms. The third kappa shape index (κ3) is 2.94. The molecule has 0 amide bonds. The molecule has 0 aromatic heterocycles. The lowest BCUT2D eigenvalue weighted by molar-refractivity contribution is -0.0410. The van der Waals surface area contributed by atoms with E-state index in [1.54, 1.807) is 0 Å². The first-order valence-electron chi connectivity index (χ1n) is 6.34. The lowest BCUT2D eigenvalue weighted by Crippen LogP contribution is -2.55. The Bertz CT molecular complexity index is 183. The summed E-state index contributed by atoms with van der Waals surface area (Å²) in [7, 11) is 4.24. The van der Waals surface area contributed by atoms with Gasteiger partial charge in [0.15, 0.2) is 0 Å². The average Bonchev–Trinajstić information content (AvgIpc) is 2.17. The summed E-state index contributed by atoms with van der Waals surface area (Å²) in [6, 6.07) is 0. The number of hydrogen-bond acceptors (Lipinski definition) is 2. The second-order valence-corrected chi connectivity index (χ2v) is 5.70. The molecule has 1 N–H and O–H groups in total. The number of aliphatic hydroxyl groups is 1. The zero-order valence-electron chi connectivity index (χ0n) is 10.8. The maximum absolute atomic E-state index is 10.4. The Morgan fingerprint density at radius 3 is 2.07 bits per heavy atom. The molecule has 1 rings (SSSR count). The Morgan fingerprint density at radius 1 is 1.13 bits per heavy atom. The van der Waals surface area contributed by atoms with Crippen LogP contribution in [0.15, 0.2) is 0 Å². The van der Waals surface area contributed by atoms with Crippen molar-refractivity contribution in [2.75, 3.05) is 14.1 Å². The quantitative estimate of drug-likeness (QED) is 0.776. The predicted octanol–water partition coefficient (Wildman–Crippen LogP) is 2.66. The zero-order valence-corrected chi connectivity index (χ0v) is 10.8. The van der Waals surface area contributed by atoms with Gasteiger partial charge in [-0.2, -0.15) is 0 Å². The summed E-state index contributed by atoms with van der Waals surface area (Å²) in [5.74, 6) is 0.582. The molecule has 0 saturated heterocycles. The lowest BCUT2D eigenvalue weighted by Gasteiger charge is -2.47. The zero-order chi connectivity index (χ0) is 11.5. The minimum absolute atomic E-state index is 0.0581. The second-order valence-electron chi connectivity index (χ2n) is 5.70. The summed E-state index contributed by atoms with van der Waals surface area (Å²) < 4.78 is 0. The minimum atomic E-state index is -0.159. The predicted molar refractivity (Wildman–Crippen MR) is 65.0 cm³/mol. The standard InChI is InChI=1S/C13H27NO/c1-11(2)10-12(15)13(14(3)4)8-6-5-7-9-13/h11-12,15H,5-10H2,1-4H3. The average molecular weight is 213 g/mol. The topological polar surface area (TPSA) is 23.5 Å². The van der Waals surface area contributed by atoms with Crippen LogP contribution in [0.5, 0.6) is 0 Å². The molecule has 1 fully saturated rings. The van der Waals surface area contributed by atoms with Crippen molar-refractivity contribution in [3.63, 3.8) is 0 Å². The van der Waals surface area contributed by atoms with Gasteiger partial charge in [0.25, 0.3) is 0 Å². The van der Waals surface area contributed by atoms with Crippen LogP contribution in [0.25, 0.3) is 0 Å². The van der Waals surface area contributed by atoms with E-state index in [-0.39, 0.29) is 11.6 Å². The molecule has 2 heteroatoms. The van der Waals surface area contributed by atoms with Crippen molar-refractivity contribution in [3.8, 4) is 0 Å². The molecule has 0 heterocycles. The van der Waals surface area contributed by atoms with Crippen molar-refractivity contribution in [1.29, 1.82) is 0 Å². The molecule has 1 atom stereocenters. The van der Waals surface area contributed by atoms with Gasteiger partial charge in [0.05, 0.1) is 6.10 Å². The Balaban J connectivity index is 2.70. The van der Waals surface area contributed by atoms with E-state index >= 15 is 0 Å². The lowest BCUT2D eigenvalue weighted by atomic mass is 9.74. The van der Waals surface area contributed by atoms with Crippen molar-refractivity contribution in [2.24, 2.45) is 5.92 Å².